The molecule has 0 fully saturated rings. The summed E-state index contributed by atoms with van der Waals surface area (Å²) in [5.41, 5.74) is 3.13. The number of aryl methyl sites for hydroxylation is 4. The van der Waals surface area contributed by atoms with Gasteiger partial charge in [-0.3, -0.25) is 0 Å². The van der Waals surface area contributed by atoms with Crippen LogP contribution in [0.4, 0.5) is 8.78 Å². The number of halogens is 3. The lowest BCUT2D eigenvalue weighted by molar-refractivity contribution is -0.287. The Labute approximate surface area is 217 Å². The van der Waals surface area contributed by atoms with Crippen molar-refractivity contribution in [3.8, 4) is 28.7 Å². The number of ether oxygens (including phenoxy) is 5. The van der Waals surface area contributed by atoms with Crippen molar-refractivity contribution in [3.63, 3.8) is 0 Å². The van der Waals surface area contributed by atoms with Gasteiger partial charge in [0.05, 0.1) is 25.8 Å². The molecule has 0 saturated heterocycles. The third-order valence-electron chi connectivity index (χ3n) is 6.15. The highest BCUT2D eigenvalue weighted by Crippen LogP contribution is 2.56. The first-order chi connectivity index (χ1) is 16.9. The van der Waals surface area contributed by atoms with Crippen LogP contribution in [0.5, 0.6) is 28.7 Å². The molecule has 0 N–H and O–H groups in total. The summed E-state index contributed by atoms with van der Waals surface area (Å²) in [7, 11) is 0.753. The molecule has 0 bridgehead atoms. The lowest BCUT2D eigenvalue weighted by atomic mass is 10.1. The molecule has 0 radical (unpaired) electrons. The van der Waals surface area contributed by atoms with Gasteiger partial charge in [0.2, 0.25) is 5.75 Å². The zero-order valence-electron chi connectivity index (χ0n) is 20.9. The van der Waals surface area contributed by atoms with Gasteiger partial charge in [0.1, 0.15) is 11.5 Å². The monoisotopic (exact) mass is 582 g/mol. The Hall–Kier alpha value is -2.77. The van der Waals surface area contributed by atoms with E-state index in [1.54, 1.807) is 38.5 Å². The molecule has 0 unspecified atom stereocenters. The van der Waals surface area contributed by atoms with Crippen molar-refractivity contribution in [2.45, 2.75) is 34.0 Å². The fourth-order valence-electron chi connectivity index (χ4n) is 4.70. The van der Waals surface area contributed by atoms with Crippen LogP contribution in [-0.2, 0) is 4.57 Å². The number of fused-ring (bicyclic) bond motifs is 1. The number of hydrogen-bond donors (Lipinski definition) is 0. The molecule has 1 aliphatic heterocycles. The number of benzene rings is 3. The molecule has 0 aliphatic carbocycles. The lowest BCUT2D eigenvalue weighted by Gasteiger charge is -2.25. The van der Waals surface area contributed by atoms with Crippen LogP contribution >= 0.6 is 23.1 Å². The third-order valence-corrected chi connectivity index (χ3v) is 10.2. The van der Waals surface area contributed by atoms with Gasteiger partial charge < -0.3 is 28.2 Å². The molecule has 36 heavy (non-hydrogen) atoms. The zero-order chi connectivity index (χ0) is 26.6. The van der Waals surface area contributed by atoms with Crippen molar-refractivity contribution < 1.29 is 37.0 Å². The van der Waals surface area contributed by atoms with Crippen molar-refractivity contribution in [1.82, 2.24) is 0 Å². The smallest absolute Gasteiger partial charge is 0.496 e. The number of methoxy groups -OCH3 is 3. The Morgan fingerprint density at radius 1 is 0.750 bits per heavy atom. The highest BCUT2D eigenvalue weighted by molar-refractivity contribution is 9.10. The minimum absolute atomic E-state index is 0.0236. The minimum Gasteiger partial charge on any atom is -0.496 e. The van der Waals surface area contributed by atoms with E-state index >= 15 is 4.57 Å². The maximum absolute atomic E-state index is 15.4. The summed E-state index contributed by atoms with van der Waals surface area (Å²) in [6.07, 6.45) is -3.89. The van der Waals surface area contributed by atoms with Crippen LogP contribution in [0.15, 0.2) is 34.8 Å². The van der Waals surface area contributed by atoms with E-state index in [-0.39, 0.29) is 27.0 Å². The van der Waals surface area contributed by atoms with Crippen molar-refractivity contribution in [3.05, 3.63) is 57.1 Å². The molecular formula is C26H26BrF2O6P. The van der Waals surface area contributed by atoms with Crippen LogP contribution in [0, 0.1) is 27.7 Å². The van der Waals surface area contributed by atoms with Crippen LogP contribution in [-0.4, -0.2) is 27.6 Å². The lowest BCUT2D eigenvalue weighted by Crippen LogP contribution is -2.28. The van der Waals surface area contributed by atoms with E-state index < -0.39 is 13.4 Å². The van der Waals surface area contributed by atoms with E-state index in [9.17, 15) is 8.78 Å². The number of rotatable bonds is 6. The quantitative estimate of drug-likeness (QED) is 0.349. The Morgan fingerprint density at radius 3 is 1.56 bits per heavy atom. The van der Waals surface area contributed by atoms with E-state index in [0.717, 1.165) is 22.3 Å². The van der Waals surface area contributed by atoms with E-state index in [1.165, 1.54) is 13.2 Å². The molecule has 0 amide bonds. The molecule has 0 spiro atoms. The van der Waals surface area contributed by atoms with Gasteiger partial charge in [0.25, 0.3) is 0 Å². The summed E-state index contributed by atoms with van der Waals surface area (Å²) < 4.78 is 69.5. The summed E-state index contributed by atoms with van der Waals surface area (Å²) in [5.74, 6) is 0.778. The van der Waals surface area contributed by atoms with Crippen LogP contribution in [0.2, 0.25) is 0 Å². The van der Waals surface area contributed by atoms with Crippen molar-refractivity contribution >= 4 is 39.0 Å². The van der Waals surface area contributed by atoms with Crippen molar-refractivity contribution in [1.29, 1.82) is 0 Å². The first-order valence-corrected chi connectivity index (χ1v) is 13.5. The first kappa shape index (κ1) is 26.3. The minimum atomic E-state index is -3.89. The van der Waals surface area contributed by atoms with Crippen LogP contribution < -0.4 is 39.6 Å². The third kappa shape index (κ3) is 4.12. The maximum Gasteiger partial charge on any atom is 0.586 e. The second-order valence-electron chi connectivity index (χ2n) is 8.57. The van der Waals surface area contributed by atoms with Crippen molar-refractivity contribution in [2.24, 2.45) is 0 Å². The Balaban J connectivity index is 2.11. The van der Waals surface area contributed by atoms with Gasteiger partial charge in [0.15, 0.2) is 18.6 Å². The largest absolute Gasteiger partial charge is 0.586 e. The zero-order valence-corrected chi connectivity index (χ0v) is 23.4. The molecular weight excluding hydrogens is 557 g/mol. The van der Waals surface area contributed by atoms with Crippen LogP contribution in [0.25, 0.3) is 0 Å². The van der Waals surface area contributed by atoms with Gasteiger partial charge >= 0.3 is 6.29 Å². The first-order valence-electron chi connectivity index (χ1n) is 11.0. The second-order valence-corrected chi connectivity index (χ2v) is 12.1. The highest BCUT2D eigenvalue weighted by Gasteiger charge is 2.48. The van der Waals surface area contributed by atoms with Crippen molar-refractivity contribution in [2.75, 3.05) is 21.3 Å². The van der Waals surface area contributed by atoms with E-state index in [1.807, 2.05) is 27.7 Å². The average molecular weight is 583 g/mol. The topological polar surface area (TPSA) is 63.2 Å². The molecule has 0 aromatic heterocycles. The van der Waals surface area contributed by atoms with E-state index in [2.05, 4.69) is 20.7 Å². The Morgan fingerprint density at radius 2 is 1.17 bits per heavy atom. The molecule has 4 rings (SSSR count). The van der Waals surface area contributed by atoms with E-state index in [4.69, 9.17) is 18.9 Å². The Kier molecular flexibility index (Phi) is 6.77. The molecule has 6 nitrogen and oxygen atoms in total. The van der Waals surface area contributed by atoms with Crippen LogP contribution in [0.3, 0.4) is 0 Å². The second kappa shape index (κ2) is 9.27. The van der Waals surface area contributed by atoms with Gasteiger partial charge in [0, 0.05) is 15.9 Å². The number of alkyl halides is 2. The SMILES string of the molecule is COc1cc(P(=O)(c2cc(C)c(OC)c(C)c2)c2cc(C)c(OC)c(C)c2)c(Br)c2c1OC(F)(F)O2. The van der Waals surface area contributed by atoms with Gasteiger partial charge in [-0.05, 0) is 96.2 Å². The summed E-state index contributed by atoms with van der Waals surface area (Å²) in [4.78, 5) is 0. The summed E-state index contributed by atoms with van der Waals surface area (Å²) in [6.45, 7) is 7.44. The Bertz CT molecular complexity index is 1310. The summed E-state index contributed by atoms with van der Waals surface area (Å²) in [6, 6.07) is 8.62. The standard InChI is InChI=1S/C26H26BrF2O6P/c1-13-8-17(9-14(2)22(13)32-6)36(30,18-10-15(3)23(33-7)16(4)11-18)20-12-19(31-5)24-25(21(20)27)35-26(28,29)34-24/h8-12H,1-7H3. The highest BCUT2D eigenvalue weighted by atomic mass is 79.9. The number of hydrogen-bond acceptors (Lipinski definition) is 6. The van der Waals surface area contributed by atoms with Crippen LogP contribution in [0.1, 0.15) is 22.3 Å². The normalized spacial score (nSPS) is 14.1. The van der Waals surface area contributed by atoms with Gasteiger partial charge in [-0.15, -0.1) is 8.78 Å². The molecule has 1 aliphatic rings. The molecule has 0 atom stereocenters. The predicted molar refractivity (Wildman–Crippen MR) is 138 cm³/mol. The predicted octanol–water partition coefficient (Wildman–Crippen LogP) is 5.67. The summed E-state index contributed by atoms with van der Waals surface area (Å²) in [5, 5.41) is 1.22. The fourth-order valence-corrected chi connectivity index (χ4v) is 8.86. The van der Waals surface area contributed by atoms with E-state index in [0.29, 0.717) is 22.1 Å². The average Bonchev–Trinajstić information content (AvgIpc) is 3.14. The molecule has 3 aromatic carbocycles. The molecule has 0 saturated carbocycles. The fraction of sp³-hybridized carbons (Fsp3) is 0.308. The van der Waals surface area contributed by atoms with Gasteiger partial charge in [-0.1, -0.05) is 0 Å². The maximum atomic E-state index is 15.4. The van der Waals surface area contributed by atoms with Gasteiger partial charge in [-0.25, -0.2) is 0 Å². The van der Waals surface area contributed by atoms with Gasteiger partial charge in [-0.2, -0.15) is 0 Å². The molecule has 1 heterocycles. The molecule has 3 aromatic rings. The molecule has 192 valence electrons. The summed E-state index contributed by atoms with van der Waals surface area (Å²) >= 11 is 3.39. The molecule has 10 heteroatoms.